The quantitative estimate of drug-likeness (QED) is 0.0202. The van der Waals surface area contributed by atoms with Gasteiger partial charge in [0.25, 0.3) is 5.91 Å². The number of nitrogens with zero attached hydrogens (tertiary/aromatic N) is 1. The summed E-state index contributed by atoms with van der Waals surface area (Å²) in [7, 11) is 0. The lowest BCUT2D eigenvalue weighted by Gasteiger charge is -2.40. The predicted molar refractivity (Wildman–Crippen MR) is 240 cm³/mol. The Hall–Kier alpha value is -6.55. The number of aliphatic hydroxyl groups is 3. The van der Waals surface area contributed by atoms with Gasteiger partial charge in [0, 0.05) is 19.5 Å². The zero-order valence-electron chi connectivity index (χ0n) is 40.3. The molecular weight excluding hydrogens is 986 g/mol. The average Bonchev–Trinajstić information content (AvgIpc) is 3.30. The molecule has 414 valence electrons. The normalized spacial score (nSPS) is 19.4. The Labute approximate surface area is 416 Å². The minimum Gasteiger partial charge on any atom is -0.481 e. The molecule has 7 amide bonds. The highest BCUT2D eigenvalue weighted by Crippen LogP contribution is 2.22. The van der Waals surface area contributed by atoms with Crippen LogP contribution in [0.2, 0.25) is 0 Å². The molecule has 1 fully saturated rings. The molecule has 0 aromatic rings. The van der Waals surface area contributed by atoms with Gasteiger partial charge in [-0.25, -0.2) is 5.53 Å². The van der Waals surface area contributed by atoms with Gasteiger partial charge in [-0.3, -0.25) is 52.7 Å². The highest BCUT2D eigenvalue weighted by Gasteiger charge is 2.47. The third kappa shape index (κ3) is 26.1. The van der Waals surface area contributed by atoms with Gasteiger partial charge >= 0.3 is 23.9 Å². The number of carbonyl (C=O) groups excluding carboxylic acids is 7. The van der Waals surface area contributed by atoms with Crippen molar-refractivity contribution in [1.29, 1.82) is 5.53 Å². The zero-order chi connectivity index (χ0) is 55.2. The van der Waals surface area contributed by atoms with Crippen molar-refractivity contribution in [3.63, 3.8) is 0 Å². The van der Waals surface area contributed by atoms with Crippen LogP contribution in [0.5, 0.6) is 0 Å². The molecule has 32 nitrogen and oxygen atoms in total. The van der Waals surface area contributed by atoms with Crippen LogP contribution in [-0.4, -0.2) is 234 Å². The minimum absolute atomic E-state index is 0.00949. The van der Waals surface area contributed by atoms with E-state index in [1.165, 1.54) is 20.8 Å². The number of rotatable bonds is 38. The van der Waals surface area contributed by atoms with E-state index in [2.05, 4.69) is 37.0 Å². The number of amides is 7. The second-order valence-corrected chi connectivity index (χ2v) is 16.3. The third-order valence-electron chi connectivity index (χ3n) is 10.1. The molecule has 5 unspecified atom stereocenters. The van der Waals surface area contributed by atoms with E-state index in [0.29, 0.717) is 0 Å². The van der Waals surface area contributed by atoms with Crippen LogP contribution in [0.3, 0.4) is 0 Å². The van der Waals surface area contributed by atoms with E-state index in [1.807, 2.05) is 5.32 Å². The second-order valence-electron chi connectivity index (χ2n) is 16.3. The summed E-state index contributed by atoms with van der Waals surface area (Å²) in [6, 6.07) is -8.69. The van der Waals surface area contributed by atoms with Crippen LogP contribution in [0.25, 0.3) is 0 Å². The summed E-state index contributed by atoms with van der Waals surface area (Å²) in [4.78, 5) is 137. The molecule has 10 atom stereocenters. The molecule has 1 aliphatic heterocycles. The van der Waals surface area contributed by atoms with Gasteiger partial charge in [-0.15, -0.1) is 0 Å². The largest absolute Gasteiger partial charge is 0.481 e. The number of carboxylic acid groups (broad SMARTS) is 4. The summed E-state index contributed by atoms with van der Waals surface area (Å²) >= 11 is 0. The first-order valence-electron chi connectivity index (χ1n) is 22.7. The van der Waals surface area contributed by atoms with Gasteiger partial charge < -0.3 is 96.6 Å². The highest BCUT2D eigenvalue weighted by molar-refractivity contribution is 5.98. The van der Waals surface area contributed by atoms with E-state index in [4.69, 9.17) is 34.3 Å². The fourth-order valence-electron chi connectivity index (χ4n) is 6.26. The molecule has 73 heavy (non-hydrogen) atoms. The van der Waals surface area contributed by atoms with Crippen LogP contribution in [0, 0.1) is 11.4 Å². The van der Waals surface area contributed by atoms with Crippen LogP contribution in [-0.2, 0) is 76.4 Å². The number of hydrogen-bond acceptors (Lipinski definition) is 21. The van der Waals surface area contributed by atoms with Crippen LogP contribution in [0.15, 0.2) is 5.11 Å². The Morgan fingerprint density at radius 1 is 0.548 bits per heavy atom. The number of ether oxygens (including phenoxy) is 5. The summed E-state index contributed by atoms with van der Waals surface area (Å²) < 4.78 is 26.4. The maximum absolute atomic E-state index is 13.7. The van der Waals surface area contributed by atoms with Gasteiger partial charge in [0.2, 0.25) is 35.4 Å². The first kappa shape index (κ1) is 64.5. The summed E-state index contributed by atoms with van der Waals surface area (Å²) in [6.45, 7) is 4.34. The lowest BCUT2D eigenvalue weighted by atomic mass is 9.94. The SMILES string of the molecule is CC(C)[C@H](NC(=O)[C@H](CCC(=O)O)NC(=O)[C@H](CC(=O)O)NC(=O)C1OC(CNC(=O)CN=N)C(O)C(O)C1O)C(=O)N[C@@H](CC(=O)O)C(=O)N[C@@H](C)C(=O)NCCOCCOCCOCCOCCC(=O)O. The molecule has 1 heterocycles. The van der Waals surface area contributed by atoms with Crippen LogP contribution >= 0.6 is 0 Å². The molecule has 0 aromatic heterocycles. The van der Waals surface area contributed by atoms with Crippen molar-refractivity contribution < 1.29 is 112 Å². The molecule has 0 aliphatic carbocycles. The van der Waals surface area contributed by atoms with Gasteiger partial charge in [0.15, 0.2) is 6.10 Å². The van der Waals surface area contributed by atoms with Crippen LogP contribution in [0.1, 0.15) is 52.9 Å². The molecule has 1 rings (SSSR count). The fraction of sp³-hybridized carbons (Fsp3) is 0.732. The molecule has 0 bridgehead atoms. The first-order valence-corrected chi connectivity index (χ1v) is 22.7. The molecule has 0 spiro atoms. The van der Waals surface area contributed by atoms with Crippen molar-refractivity contribution >= 4 is 65.2 Å². The van der Waals surface area contributed by atoms with Gasteiger partial charge in [0.1, 0.15) is 61.2 Å². The number of aliphatic carboxylic acids is 4. The molecule has 1 saturated heterocycles. The van der Waals surface area contributed by atoms with E-state index in [-0.39, 0.29) is 65.8 Å². The number of carboxylic acids is 4. The molecule has 15 N–H and O–H groups in total. The number of aliphatic hydroxyl groups excluding tert-OH is 3. The van der Waals surface area contributed by atoms with Crippen molar-refractivity contribution in [3.05, 3.63) is 0 Å². The minimum atomic E-state index is -2.18. The zero-order valence-corrected chi connectivity index (χ0v) is 40.3. The van der Waals surface area contributed by atoms with E-state index < -0.39 is 171 Å². The molecule has 0 aromatic carbocycles. The Balaban J connectivity index is 2.94. The van der Waals surface area contributed by atoms with Crippen molar-refractivity contribution in [2.24, 2.45) is 11.0 Å². The van der Waals surface area contributed by atoms with Gasteiger partial charge in [-0.1, -0.05) is 13.8 Å². The van der Waals surface area contributed by atoms with E-state index in [1.54, 1.807) is 0 Å². The summed E-state index contributed by atoms with van der Waals surface area (Å²) in [5.74, 6) is -14.4. The van der Waals surface area contributed by atoms with Crippen molar-refractivity contribution in [3.8, 4) is 0 Å². The van der Waals surface area contributed by atoms with Gasteiger partial charge in [-0.2, -0.15) is 5.11 Å². The topological polar surface area (TPSA) is 496 Å². The highest BCUT2D eigenvalue weighted by atomic mass is 16.6. The second kappa shape index (κ2) is 34.8. The number of carbonyl (C=O) groups is 11. The summed E-state index contributed by atoms with van der Waals surface area (Å²) in [6.07, 6.45) is -13.6. The standard InChI is InChI=1S/C41H67N9O23/c1-20(2)31(40(67)48-23(16-29(56)57)38(65)46-21(3)36(63)43-7-9-70-11-13-72-15-14-71-12-10-69-8-6-28(54)55)50-37(64)22(4-5-27(52)53)47-39(66)24(17-30(58)59)49-41(68)35-34(62)33(61)32(60)25(73-35)18-44-26(51)19-45-42/h20-25,31-35,42,60-62H,4-19H2,1-3H3,(H,43,63)(H,44,51)(H,46,65)(H,47,66)(H,48,67)(H,49,68)(H,50,64)(H,52,53)(H,54,55)(H,56,57)(H,58,59)/t21-,22-,23-,24-,25?,31-,32?,33?,34?,35?/m0/s1. The van der Waals surface area contributed by atoms with Gasteiger partial charge in [-0.05, 0) is 19.3 Å². The third-order valence-corrected chi connectivity index (χ3v) is 10.1. The Morgan fingerprint density at radius 2 is 1.04 bits per heavy atom. The van der Waals surface area contributed by atoms with E-state index >= 15 is 0 Å². The fourth-order valence-corrected chi connectivity index (χ4v) is 6.26. The van der Waals surface area contributed by atoms with E-state index in [0.717, 1.165) is 0 Å². The monoisotopic (exact) mass is 1050 g/mol. The molecular formula is C41H67N9O23. The van der Waals surface area contributed by atoms with Crippen molar-refractivity contribution in [2.75, 3.05) is 72.5 Å². The maximum Gasteiger partial charge on any atom is 0.305 e. The Bertz CT molecular complexity index is 1880. The van der Waals surface area contributed by atoms with Crippen LogP contribution in [0.4, 0.5) is 0 Å². The van der Waals surface area contributed by atoms with E-state index in [9.17, 15) is 83.4 Å². The predicted octanol–water partition coefficient (Wildman–Crippen LogP) is -6.44. The lowest BCUT2D eigenvalue weighted by Crippen LogP contribution is -2.65. The average molecular weight is 1050 g/mol. The molecule has 32 heteroatoms. The van der Waals surface area contributed by atoms with Crippen LogP contribution < -0.4 is 37.2 Å². The maximum atomic E-state index is 13.7. The number of nitrogens with one attached hydrogen (secondary N) is 8. The van der Waals surface area contributed by atoms with Crippen molar-refractivity contribution in [2.45, 2.75) is 114 Å². The Kier molecular flexibility index (Phi) is 30.7. The molecule has 0 radical (unpaired) electrons. The molecule has 1 aliphatic rings. The molecule has 0 saturated carbocycles. The smallest absolute Gasteiger partial charge is 0.305 e. The summed E-state index contributed by atoms with van der Waals surface area (Å²) in [5.41, 5.74) is 6.76. The number of hydrogen-bond donors (Lipinski definition) is 15. The van der Waals surface area contributed by atoms with Gasteiger partial charge in [0.05, 0.1) is 72.1 Å². The van der Waals surface area contributed by atoms with Crippen molar-refractivity contribution in [1.82, 2.24) is 37.2 Å². The first-order chi connectivity index (χ1) is 34.4. The Morgan fingerprint density at radius 3 is 1.56 bits per heavy atom. The lowest BCUT2D eigenvalue weighted by molar-refractivity contribution is -0.219. The summed E-state index contributed by atoms with van der Waals surface area (Å²) in [5, 5.41) is 86.8.